The fourth-order valence-corrected chi connectivity index (χ4v) is 2.61. The first-order valence-corrected chi connectivity index (χ1v) is 6.60. The molecule has 0 atom stereocenters. The normalized spacial score (nSPS) is 11.2. The van der Waals surface area contributed by atoms with Crippen LogP contribution in [0, 0.1) is 6.92 Å². The lowest BCUT2D eigenvalue weighted by atomic mass is 10.3. The molecule has 8 nitrogen and oxygen atoms in total. The number of nitrogens with one attached hydrogen (secondary N) is 2. The summed E-state index contributed by atoms with van der Waals surface area (Å²) in [5, 5.41) is 14.0. The Hall–Kier alpha value is -2.42. The summed E-state index contributed by atoms with van der Waals surface area (Å²) in [7, 11) is -4.06. The van der Waals surface area contributed by atoms with Crippen LogP contribution in [0.1, 0.15) is 15.9 Å². The van der Waals surface area contributed by atoms with Crippen LogP contribution < -0.4 is 4.72 Å². The van der Waals surface area contributed by atoms with Crippen LogP contribution in [0.3, 0.4) is 0 Å². The van der Waals surface area contributed by atoms with E-state index >= 15 is 0 Å². The molecule has 0 aliphatic rings. The highest BCUT2D eigenvalue weighted by Crippen LogP contribution is 2.19. The summed E-state index contributed by atoms with van der Waals surface area (Å²) in [6.45, 7) is 1.70. The number of carboxylic acids is 1. The first-order valence-electron chi connectivity index (χ1n) is 5.12. The standard InChI is InChI=1S/C10H10N4O4S/c1-6-2-3-11-5-8(6)14-19(17,18)9-7(10(15)16)4-12-13-9/h2-5,14H,1H3,(H,12,13)(H,15,16). The third kappa shape index (κ3) is 2.55. The van der Waals surface area contributed by atoms with Gasteiger partial charge in [0.05, 0.1) is 18.1 Å². The number of hydrogen-bond donors (Lipinski definition) is 3. The summed E-state index contributed by atoms with van der Waals surface area (Å²) in [4.78, 5) is 14.7. The van der Waals surface area contributed by atoms with Crippen molar-refractivity contribution in [3.8, 4) is 0 Å². The molecule has 0 fully saturated rings. The second kappa shape index (κ2) is 4.69. The van der Waals surface area contributed by atoms with Crippen LogP contribution in [-0.4, -0.2) is 34.7 Å². The van der Waals surface area contributed by atoms with Crippen molar-refractivity contribution in [2.24, 2.45) is 0 Å². The highest BCUT2D eigenvalue weighted by molar-refractivity contribution is 7.92. The Morgan fingerprint density at radius 1 is 1.42 bits per heavy atom. The lowest BCUT2D eigenvalue weighted by molar-refractivity contribution is 0.0692. The van der Waals surface area contributed by atoms with Gasteiger partial charge in [-0.15, -0.1) is 0 Å². The summed E-state index contributed by atoms with van der Waals surface area (Å²) in [5.41, 5.74) is 0.512. The van der Waals surface area contributed by atoms with Crippen molar-refractivity contribution in [2.75, 3.05) is 4.72 Å². The van der Waals surface area contributed by atoms with Gasteiger partial charge in [0.1, 0.15) is 5.56 Å². The minimum Gasteiger partial charge on any atom is -0.478 e. The quantitative estimate of drug-likeness (QED) is 0.754. The van der Waals surface area contributed by atoms with Gasteiger partial charge in [-0.05, 0) is 18.6 Å². The van der Waals surface area contributed by atoms with E-state index < -0.39 is 26.6 Å². The van der Waals surface area contributed by atoms with Gasteiger partial charge in [-0.1, -0.05) is 0 Å². The minimum atomic E-state index is -4.06. The maximum Gasteiger partial charge on any atom is 0.340 e. The number of pyridine rings is 1. The zero-order chi connectivity index (χ0) is 14.0. The number of nitrogens with zero attached hydrogens (tertiary/aromatic N) is 2. The summed E-state index contributed by atoms with van der Waals surface area (Å²) in [6, 6.07) is 1.63. The number of H-pyrrole nitrogens is 1. The predicted molar refractivity (Wildman–Crippen MR) is 65.3 cm³/mol. The van der Waals surface area contributed by atoms with Crippen molar-refractivity contribution in [3.63, 3.8) is 0 Å². The Labute approximate surface area is 108 Å². The minimum absolute atomic E-state index is 0.272. The molecule has 0 saturated carbocycles. The third-order valence-corrected chi connectivity index (χ3v) is 3.72. The molecule has 0 aliphatic heterocycles. The Morgan fingerprint density at radius 3 is 2.79 bits per heavy atom. The van der Waals surface area contributed by atoms with Crippen LogP contribution in [0.2, 0.25) is 0 Å². The highest BCUT2D eigenvalue weighted by Gasteiger charge is 2.25. The van der Waals surface area contributed by atoms with E-state index in [-0.39, 0.29) is 5.69 Å². The fraction of sp³-hybridized carbons (Fsp3) is 0.100. The Balaban J connectivity index is 2.41. The molecule has 0 amide bonds. The van der Waals surface area contributed by atoms with Gasteiger partial charge in [-0.2, -0.15) is 13.5 Å². The van der Waals surface area contributed by atoms with Gasteiger partial charge in [0.15, 0.2) is 5.03 Å². The van der Waals surface area contributed by atoms with E-state index in [0.29, 0.717) is 5.56 Å². The monoisotopic (exact) mass is 282 g/mol. The highest BCUT2D eigenvalue weighted by atomic mass is 32.2. The second-order valence-corrected chi connectivity index (χ2v) is 5.33. The van der Waals surface area contributed by atoms with Crippen molar-refractivity contribution in [3.05, 3.63) is 35.8 Å². The number of rotatable bonds is 4. The molecule has 2 aromatic heterocycles. The molecule has 0 aliphatic carbocycles. The van der Waals surface area contributed by atoms with E-state index in [4.69, 9.17) is 5.11 Å². The summed E-state index contributed by atoms with van der Waals surface area (Å²) in [5.74, 6) is -1.38. The topological polar surface area (TPSA) is 125 Å². The van der Waals surface area contributed by atoms with E-state index in [1.807, 2.05) is 0 Å². The van der Waals surface area contributed by atoms with Crippen LogP contribution >= 0.6 is 0 Å². The molecule has 0 aromatic carbocycles. The lowest BCUT2D eigenvalue weighted by Crippen LogP contribution is -2.17. The average Bonchev–Trinajstić information content (AvgIpc) is 2.82. The van der Waals surface area contributed by atoms with Crippen molar-refractivity contribution in [2.45, 2.75) is 11.9 Å². The number of sulfonamides is 1. The van der Waals surface area contributed by atoms with Crippen LogP contribution in [0.25, 0.3) is 0 Å². The SMILES string of the molecule is Cc1ccncc1NS(=O)(=O)c1[nH]ncc1C(=O)O. The number of anilines is 1. The van der Waals surface area contributed by atoms with Crippen LogP contribution in [0.5, 0.6) is 0 Å². The van der Waals surface area contributed by atoms with E-state index in [1.54, 1.807) is 13.0 Å². The molecular formula is C10H10N4O4S. The molecule has 9 heteroatoms. The van der Waals surface area contributed by atoms with Crippen molar-refractivity contribution in [1.82, 2.24) is 15.2 Å². The van der Waals surface area contributed by atoms with E-state index in [9.17, 15) is 13.2 Å². The van der Waals surface area contributed by atoms with E-state index in [2.05, 4.69) is 19.9 Å². The van der Waals surface area contributed by atoms with Gasteiger partial charge < -0.3 is 5.11 Å². The van der Waals surface area contributed by atoms with Gasteiger partial charge in [0, 0.05) is 6.20 Å². The number of carboxylic acid groups (broad SMARTS) is 1. The maximum absolute atomic E-state index is 12.1. The molecule has 0 radical (unpaired) electrons. The van der Waals surface area contributed by atoms with Crippen molar-refractivity contribution >= 4 is 21.7 Å². The maximum atomic E-state index is 12.1. The molecule has 0 unspecified atom stereocenters. The van der Waals surface area contributed by atoms with Gasteiger partial charge in [0.25, 0.3) is 10.0 Å². The average molecular weight is 282 g/mol. The van der Waals surface area contributed by atoms with Crippen LogP contribution in [0.15, 0.2) is 29.7 Å². The van der Waals surface area contributed by atoms with Crippen molar-refractivity contribution < 1.29 is 18.3 Å². The number of aromatic nitrogens is 3. The van der Waals surface area contributed by atoms with Gasteiger partial charge >= 0.3 is 5.97 Å². The third-order valence-electron chi connectivity index (χ3n) is 2.39. The second-order valence-electron chi connectivity index (χ2n) is 3.71. The van der Waals surface area contributed by atoms with Gasteiger partial charge in [-0.3, -0.25) is 14.8 Å². The molecule has 100 valence electrons. The Morgan fingerprint density at radius 2 is 2.16 bits per heavy atom. The van der Waals surface area contributed by atoms with Crippen LogP contribution in [-0.2, 0) is 10.0 Å². The van der Waals surface area contributed by atoms with Gasteiger partial charge in [0.2, 0.25) is 0 Å². The molecule has 0 bridgehead atoms. The van der Waals surface area contributed by atoms with Crippen LogP contribution in [0.4, 0.5) is 5.69 Å². The molecule has 2 aromatic rings. The van der Waals surface area contributed by atoms with E-state index in [1.165, 1.54) is 12.4 Å². The summed E-state index contributed by atoms with van der Waals surface area (Å²) < 4.78 is 26.4. The van der Waals surface area contributed by atoms with E-state index in [0.717, 1.165) is 6.20 Å². The van der Waals surface area contributed by atoms with Gasteiger partial charge in [-0.25, -0.2) is 4.79 Å². The largest absolute Gasteiger partial charge is 0.478 e. The number of aryl methyl sites for hydroxylation is 1. The lowest BCUT2D eigenvalue weighted by Gasteiger charge is -2.08. The fourth-order valence-electron chi connectivity index (χ4n) is 1.40. The zero-order valence-corrected chi connectivity index (χ0v) is 10.6. The molecule has 2 heterocycles. The molecule has 19 heavy (non-hydrogen) atoms. The first-order chi connectivity index (χ1) is 8.92. The Kier molecular flexibility index (Phi) is 3.21. The predicted octanol–water partition coefficient (Wildman–Crippen LogP) is 0.612. The summed E-state index contributed by atoms with van der Waals surface area (Å²) in [6.07, 6.45) is 3.79. The molecule has 3 N–H and O–H groups in total. The van der Waals surface area contributed by atoms with Crippen molar-refractivity contribution in [1.29, 1.82) is 0 Å². The zero-order valence-electron chi connectivity index (χ0n) is 9.78. The number of carbonyl (C=O) groups is 1. The molecule has 0 saturated heterocycles. The smallest absolute Gasteiger partial charge is 0.340 e. The molecular weight excluding hydrogens is 272 g/mol. The number of aromatic amines is 1. The number of hydrogen-bond acceptors (Lipinski definition) is 5. The number of aromatic carboxylic acids is 1. The molecule has 2 rings (SSSR count). The summed E-state index contributed by atoms with van der Waals surface area (Å²) >= 11 is 0. The first kappa shape index (κ1) is 13.0. The molecule has 0 spiro atoms. The Bertz CT molecular complexity index is 723.